The standard InChI is InChI=1S/C32H34N6O3S2/c1-3-18-38-28(21(2)34-29(40)23-14-8-5-9-15-23)36-37-32(38)42-20-26(39)35-31-27(24-16-10-11-17-25(24)43-31)30(41)33-19-22-12-6-4-7-13-22/h3-9,12-15,21H,1,10-11,16-20H2,2H3,(H,33,41)(H,34,40)(H,35,39)/t21-/m1/s1. The molecule has 9 nitrogen and oxygen atoms in total. The number of hydrogen-bond acceptors (Lipinski definition) is 7. The number of fused-ring (bicyclic) bond motifs is 1. The number of aryl methyl sites for hydroxylation is 1. The Kier molecular flexibility index (Phi) is 10.1. The lowest BCUT2D eigenvalue weighted by molar-refractivity contribution is -0.113. The number of allylic oxidation sites excluding steroid dienone is 1. The van der Waals surface area contributed by atoms with Crippen molar-refractivity contribution in [3.63, 3.8) is 0 Å². The van der Waals surface area contributed by atoms with E-state index in [9.17, 15) is 14.4 Å². The average molecular weight is 615 g/mol. The minimum absolute atomic E-state index is 0.0771. The molecule has 5 rings (SSSR count). The second kappa shape index (κ2) is 14.3. The highest BCUT2D eigenvalue weighted by Gasteiger charge is 2.27. The molecule has 3 N–H and O–H groups in total. The number of aromatic nitrogens is 3. The Balaban J connectivity index is 1.25. The summed E-state index contributed by atoms with van der Waals surface area (Å²) in [5.41, 5.74) is 3.19. The van der Waals surface area contributed by atoms with Gasteiger partial charge in [-0.2, -0.15) is 0 Å². The first kappa shape index (κ1) is 30.2. The topological polar surface area (TPSA) is 118 Å². The molecule has 2 aromatic heterocycles. The number of carbonyl (C=O) groups excluding carboxylic acids is 3. The lowest BCUT2D eigenvalue weighted by atomic mass is 9.95. The molecule has 1 atom stereocenters. The molecule has 11 heteroatoms. The molecule has 0 aliphatic heterocycles. The Morgan fingerprint density at radius 3 is 2.49 bits per heavy atom. The van der Waals surface area contributed by atoms with E-state index < -0.39 is 6.04 Å². The van der Waals surface area contributed by atoms with Crippen molar-refractivity contribution < 1.29 is 14.4 Å². The van der Waals surface area contributed by atoms with Crippen LogP contribution in [-0.4, -0.2) is 38.2 Å². The van der Waals surface area contributed by atoms with Gasteiger partial charge in [-0.05, 0) is 55.9 Å². The van der Waals surface area contributed by atoms with Crippen LogP contribution in [0.25, 0.3) is 0 Å². The number of nitrogens with one attached hydrogen (secondary N) is 3. The number of thioether (sulfide) groups is 1. The minimum Gasteiger partial charge on any atom is -0.348 e. The number of anilines is 1. The highest BCUT2D eigenvalue weighted by atomic mass is 32.2. The normalized spacial score (nSPS) is 13.0. The van der Waals surface area contributed by atoms with Crippen LogP contribution in [0.2, 0.25) is 0 Å². The fraction of sp³-hybridized carbons (Fsp3) is 0.281. The molecule has 0 spiro atoms. The Morgan fingerprint density at radius 1 is 1.02 bits per heavy atom. The van der Waals surface area contributed by atoms with E-state index in [-0.39, 0.29) is 23.5 Å². The lowest BCUT2D eigenvalue weighted by Crippen LogP contribution is -2.28. The molecule has 4 aromatic rings. The van der Waals surface area contributed by atoms with Gasteiger partial charge in [-0.25, -0.2) is 0 Å². The zero-order chi connectivity index (χ0) is 30.2. The van der Waals surface area contributed by atoms with E-state index in [4.69, 9.17) is 0 Å². The summed E-state index contributed by atoms with van der Waals surface area (Å²) in [5.74, 6) is 0.0228. The van der Waals surface area contributed by atoms with Crippen LogP contribution in [0.4, 0.5) is 5.00 Å². The maximum atomic E-state index is 13.4. The number of hydrogen-bond donors (Lipinski definition) is 3. The summed E-state index contributed by atoms with van der Waals surface area (Å²) in [4.78, 5) is 40.4. The second-order valence-electron chi connectivity index (χ2n) is 10.2. The molecule has 2 heterocycles. The summed E-state index contributed by atoms with van der Waals surface area (Å²) < 4.78 is 1.84. The summed E-state index contributed by atoms with van der Waals surface area (Å²) in [6.07, 6.45) is 5.57. The van der Waals surface area contributed by atoms with Crippen molar-refractivity contribution in [3.05, 3.63) is 106 Å². The van der Waals surface area contributed by atoms with Gasteiger partial charge in [-0.15, -0.1) is 28.1 Å². The lowest BCUT2D eigenvalue weighted by Gasteiger charge is -2.15. The Bertz CT molecular complexity index is 1600. The van der Waals surface area contributed by atoms with Crippen LogP contribution in [0.3, 0.4) is 0 Å². The fourth-order valence-electron chi connectivity index (χ4n) is 5.02. The summed E-state index contributed by atoms with van der Waals surface area (Å²) in [6, 6.07) is 18.3. The van der Waals surface area contributed by atoms with Crippen molar-refractivity contribution >= 4 is 45.8 Å². The maximum absolute atomic E-state index is 13.4. The maximum Gasteiger partial charge on any atom is 0.254 e. The third-order valence-electron chi connectivity index (χ3n) is 7.11. The van der Waals surface area contributed by atoms with Gasteiger partial charge in [0.15, 0.2) is 11.0 Å². The van der Waals surface area contributed by atoms with Crippen molar-refractivity contribution in [1.29, 1.82) is 0 Å². The molecule has 1 aliphatic carbocycles. The van der Waals surface area contributed by atoms with Crippen LogP contribution in [0.15, 0.2) is 78.5 Å². The van der Waals surface area contributed by atoms with Crippen LogP contribution in [0.5, 0.6) is 0 Å². The minimum atomic E-state index is -0.419. The van der Waals surface area contributed by atoms with Crippen molar-refractivity contribution in [2.75, 3.05) is 11.1 Å². The summed E-state index contributed by atoms with van der Waals surface area (Å²) >= 11 is 2.74. The van der Waals surface area contributed by atoms with E-state index in [1.807, 2.05) is 60.0 Å². The van der Waals surface area contributed by atoms with Crippen LogP contribution in [0, 0.1) is 0 Å². The third-order valence-corrected chi connectivity index (χ3v) is 9.28. The molecule has 2 aromatic carbocycles. The third kappa shape index (κ3) is 7.41. The summed E-state index contributed by atoms with van der Waals surface area (Å²) in [6.45, 7) is 6.52. The number of carbonyl (C=O) groups is 3. The van der Waals surface area contributed by atoms with Gasteiger partial charge in [-0.1, -0.05) is 66.4 Å². The van der Waals surface area contributed by atoms with E-state index in [0.29, 0.717) is 40.2 Å². The monoisotopic (exact) mass is 614 g/mol. The molecule has 222 valence electrons. The Labute approximate surface area is 259 Å². The zero-order valence-corrected chi connectivity index (χ0v) is 25.6. The molecule has 1 aliphatic rings. The first-order chi connectivity index (χ1) is 20.9. The van der Waals surface area contributed by atoms with Crippen LogP contribution >= 0.6 is 23.1 Å². The van der Waals surface area contributed by atoms with Crippen molar-refractivity contribution in [2.45, 2.75) is 56.9 Å². The van der Waals surface area contributed by atoms with Crippen molar-refractivity contribution in [2.24, 2.45) is 0 Å². The Hall–Kier alpha value is -4.22. The highest BCUT2D eigenvalue weighted by Crippen LogP contribution is 2.38. The van der Waals surface area contributed by atoms with Gasteiger partial charge < -0.3 is 20.5 Å². The largest absolute Gasteiger partial charge is 0.348 e. The Morgan fingerprint density at radius 2 is 1.74 bits per heavy atom. The molecule has 0 unspecified atom stereocenters. The quantitative estimate of drug-likeness (QED) is 0.142. The van der Waals surface area contributed by atoms with Crippen LogP contribution < -0.4 is 16.0 Å². The van der Waals surface area contributed by atoms with Gasteiger partial charge in [0.1, 0.15) is 5.00 Å². The fourth-order valence-corrected chi connectivity index (χ4v) is 7.07. The molecule has 0 saturated carbocycles. The van der Waals surface area contributed by atoms with Gasteiger partial charge in [0.25, 0.3) is 11.8 Å². The van der Waals surface area contributed by atoms with E-state index in [2.05, 4.69) is 32.7 Å². The molecule has 43 heavy (non-hydrogen) atoms. The van der Waals surface area contributed by atoms with E-state index in [0.717, 1.165) is 36.8 Å². The number of rotatable bonds is 12. The van der Waals surface area contributed by atoms with Crippen LogP contribution in [0.1, 0.15) is 68.4 Å². The molecular weight excluding hydrogens is 581 g/mol. The van der Waals surface area contributed by atoms with Gasteiger partial charge in [0.2, 0.25) is 5.91 Å². The predicted octanol–water partition coefficient (Wildman–Crippen LogP) is 5.56. The second-order valence-corrected chi connectivity index (χ2v) is 12.3. The van der Waals surface area contributed by atoms with Gasteiger partial charge in [0.05, 0.1) is 17.4 Å². The SMILES string of the molecule is C=CCn1c(SCC(=O)Nc2sc3c(c2C(=O)NCc2ccccc2)CCCC3)nnc1[C@@H](C)NC(=O)c1ccccc1. The molecule has 3 amide bonds. The molecule has 0 bridgehead atoms. The zero-order valence-electron chi connectivity index (χ0n) is 24.0. The van der Waals surface area contributed by atoms with Crippen molar-refractivity contribution in [3.8, 4) is 0 Å². The summed E-state index contributed by atoms with van der Waals surface area (Å²) in [5, 5.41) is 18.7. The van der Waals surface area contributed by atoms with E-state index in [1.165, 1.54) is 28.0 Å². The van der Waals surface area contributed by atoms with Crippen molar-refractivity contribution in [1.82, 2.24) is 25.4 Å². The average Bonchev–Trinajstić information content (AvgIpc) is 3.60. The van der Waals surface area contributed by atoms with Gasteiger partial charge >= 0.3 is 0 Å². The van der Waals surface area contributed by atoms with E-state index in [1.54, 1.807) is 18.2 Å². The smallest absolute Gasteiger partial charge is 0.254 e. The predicted molar refractivity (Wildman–Crippen MR) is 170 cm³/mol. The van der Waals surface area contributed by atoms with Gasteiger partial charge in [-0.3, -0.25) is 14.4 Å². The molecular formula is C32H34N6O3S2. The molecule has 0 fully saturated rings. The first-order valence-electron chi connectivity index (χ1n) is 14.2. The van der Waals surface area contributed by atoms with Gasteiger partial charge in [0, 0.05) is 23.5 Å². The van der Waals surface area contributed by atoms with Crippen LogP contribution in [-0.2, 0) is 30.7 Å². The van der Waals surface area contributed by atoms with E-state index >= 15 is 0 Å². The first-order valence-corrected chi connectivity index (χ1v) is 16.0. The molecule has 0 saturated heterocycles. The number of nitrogens with zero attached hydrogens (tertiary/aromatic N) is 3. The highest BCUT2D eigenvalue weighted by molar-refractivity contribution is 7.99. The molecule has 0 radical (unpaired) electrons. The summed E-state index contributed by atoms with van der Waals surface area (Å²) in [7, 11) is 0. The number of thiophene rings is 1. The number of benzene rings is 2. The number of amides is 3.